The summed E-state index contributed by atoms with van der Waals surface area (Å²) < 4.78 is 0. The van der Waals surface area contributed by atoms with Gasteiger partial charge in [-0.05, 0) is 19.4 Å². The summed E-state index contributed by atoms with van der Waals surface area (Å²) in [6.07, 6.45) is 0. The van der Waals surface area contributed by atoms with Crippen molar-refractivity contribution in [3.05, 3.63) is 35.9 Å². The van der Waals surface area contributed by atoms with Gasteiger partial charge in [0.1, 0.15) is 0 Å². The molecule has 1 heterocycles. The standard InChI is InChI=1S/C14H18N2O3/c1-14(2,12(17)18)9-16-8-11(15-13(16)19)10-6-4-3-5-7-10/h3-7,11H,8-9H2,1-2H3,(H,15,19)(H,17,18). The molecule has 2 N–H and O–H groups in total. The highest BCUT2D eigenvalue weighted by atomic mass is 16.4. The molecule has 2 amide bonds. The summed E-state index contributed by atoms with van der Waals surface area (Å²) in [5.74, 6) is -0.900. The Morgan fingerprint density at radius 2 is 2.05 bits per heavy atom. The average molecular weight is 262 g/mol. The van der Waals surface area contributed by atoms with Gasteiger partial charge in [0.15, 0.2) is 0 Å². The molecular weight excluding hydrogens is 244 g/mol. The van der Waals surface area contributed by atoms with E-state index in [1.54, 1.807) is 18.7 Å². The fraction of sp³-hybridized carbons (Fsp3) is 0.429. The number of nitrogens with one attached hydrogen (secondary N) is 1. The minimum atomic E-state index is -0.942. The Morgan fingerprint density at radius 1 is 1.42 bits per heavy atom. The second-order valence-electron chi connectivity index (χ2n) is 5.48. The number of amides is 2. The first-order valence-electron chi connectivity index (χ1n) is 6.24. The molecule has 0 spiro atoms. The minimum absolute atomic E-state index is 0.0710. The van der Waals surface area contributed by atoms with Crippen LogP contribution in [0.25, 0.3) is 0 Å². The maximum absolute atomic E-state index is 11.9. The lowest BCUT2D eigenvalue weighted by Crippen LogP contribution is -2.40. The van der Waals surface area contributed by atoms with Crippen molar-refractivity contribution in [2.45, 2.75) is 19.9 Å². The number of hydrogen-bond acceptors (Lipinski definition) is 2. The largest absolute Gasteiger partial charge is 0.481 e. The molecule has 1 aliphatic heterocycles. The van der Waals surface area contributed by atoms with E-state index < -0.39 is 11.4 Å². The van der Waals surface area contributed by atoms with Crippen LogP contribution in [0.3, 0.4) is 0 Å². The van der Waals surface area contributed by atoms with Crippen LogP contribution in [0.15, 0.2) is 30.3 Å². The third kappa shape index (κ3) is 2.86. The SMILES string of the molecule is CC(C)(CN1CC(c2ccccc2)NC1=O)C(=O)O. The van der Waals surface area contributed by atoms with Crippen molar-refractivity contribution >= 4 is 12.0 Å². The number of carbonyl (C=O) groups excluding carboxylic acids is 1. The van der Waals surface area contributed by atoms with Gasteiger partial charge in [0, 0.05) is 13.1 Å². The molecule has 1 aromatic carbocycles. The van der Waals surface area contributed by atoms with E-state index in [4.69, 9.17) is 5.11 Å². The van der Waals surface area contributed by atoms with E-state index in [0.29, 0.717) is 6.54 Å². The van der Waals surface area contributed by atoms with Crippen molar-refractivity contribution in [1.29, 1.82) is 0 Å². The fourth-order valence-electron chi connectivity index (χ4n) is 2.14. The Balaban J connectivity index is 2.06. The van der Waals surface area contributed by atoms with E-state index >= 15 is 0 Å². The quantitative estimate of drug-likeness (QED) is 0.870. The van der Waals surface area contributed by atoms with Gasteiger partial charge >= 0.3 is 12.0 Å². The molecule has 0 aromatic heterocycles. The summed E-state index contributed by atoms with van der Waals surface area (Å²) in [5.41, 5.74) is 0.0922. The maximum atomic E-state index is 11.9. The van der Waals surface area contributed by atoms with Crippen LogP contribution in [0.4, 0.5) is 4.79 Å². The summed E-state index contributed by atoms with van der Waals surface area (Å²) in [6, 6.07) is 9.40. The highest BCUT2D eigenvalue weighted by Crippen LogP contribution is 2.24. The van der Waals surface area contributed by atoms with E-state index in [0.717, 1.165) is 5.56 Å². The Bertz CT molecular complexity index is 485. The predicted molar refractivity (Wildman–Crippen MR) is 70.7 cm³/mol. The number of carboxylic acid groups (broad SMARTS) is 1. The molecular formula is C14H18N2O3. The third-order valence-electron chi connectivity index (χ3n) is 3.35. The van der Waals surface area contributed by atoms with Gasteiger partial charge in [0.25, 0.3) is 0 Å². The van der Waals surface area contributed by atoms with Crippen LogP contribution < -0.4 is 5.32 Å². The van der Waals surface area contributed by atoms with Crippen LogP contribution in [0.2, 0.25) is 0 Å². The molecule has 1 unspecified atom stereocenters. The fourth-order valence-corrected chi connectivity index (χ4v) is 2.14. The van der Waals surface area contributed by atoms with Gasteiger partial charge in [-0.1, -0.05) is 30.3 Å². The lowest BCUT2D eigenvalue weighted by molar-refractivity contribution is -0.147. The summed E-state index contributed by atoms with van der Waals surface area (Å²) in [4.78, 5) is 24.6. The Labute approximate surface area is 112 Å². The zero-order valence-electron chi connectivity index (χ0n) is 11.1. The molecule has 5 heteroatoms. The van der Waals surface area contributed by atoms with Crippen LogP contribution in [0.5, 0.6) is 0 Å². The molecule has 0 aliphatic carbocycles. The summed E-state index contributed by atoms with van der Waals surface area (Å²) >= 11 is 0. The maximum Gasteiger partial charge on any atom is 0.318 e. The first-order chi connectivity index (χ1) is 8.90. The van der Waals surface area contributed by atoms with Gasteiger partial charge in [0.2, 0.25) is 0 Å². The van der Waals surface area contributed by atoms with E-state index in [1.165, 1.54) is 0 Å². The zero-order chi connectivity index (χ0) is 14.0. The van der Waals surface area contributed by atoms with Crippen molar-refractivity contribution in [2.75, 3.05) is 13.1 Å². The van der Waals surface area contributed by atoms with Crippen molar-refractivity contribution in [3.63, 3.8) is 0 Å². The molecule has 0 radical (unpaired) electrons. The minimum Gasteiger partial charge on any atom is -0.481 e. The summed E-state index contributed by atoms with van der Waals surface area (Å²) in [6.45, 7) is 3.95. The first kappa shape index (κ1) is 13.4. The number of urea groups is 1. The van der Waals surface area contributed by atoms with Crippen LogP contribution in [-0.4, -0.2) is 35.1 Å². The predicted octanol–water partition coefficient (Wildman–Crippen LogP) is 1.86. The second-order valence-corrected chi connectivity index (χ2v) is 5.48. The van der Waals surface area contributed by atoms with E-state index in [2.05, 4.69) is 5.32 Å². The highest BCUT2D eigenvalue weighted by molar-refractivity contribution is 5.79. The molecule has 5 nitrogen and oxygen atoms in total. The molecule has 1 fully saturated rings. The number of nitrogens with zero attached hydrogens (tertiary/aromatic N) is 1. The van der Waals surface area contributed by atoms with Gasteiger partial charge in [-0.3, -0.25) is 4.79 Å². The van der Waals surface area contributed by atoms with Gasteiger partial charge in [-0.15, -0.1) is 0 Å². The van der Waals surface area contributed by atoms with Crippen molar-refractivity contribution < 1.29 is 14.7 Å². The van der Waals surface area contributed by atoms with E-state index in [9.17, 15) is 9.59 Å². The molecule has 19 heavy (non-hydrogen) atoms. The Kier molecular flexibility index (Phi) is 3.46. The number of carboxylic acids is 1. The molecule has 2 rings (SSSR count). The molecule has 1 saturated heterocycles. The third-order valence-corrected chi connectivity index (χ3v) is 3.35. The highest BCUT2D eigenvalue weighted by Gasteiger charge is 2.36. The van der Waals surface area contributed by atoms with Gasteiger partial charge < -0.3 is 15.3 Å². The van der Waals surface area contributed by atoms with Crippen molar-refractivity contribution in [2.24, 2.45) is 5.41 Å². The van der Waals surface area contributed by atoms with Gasteiger partial charge in [-0.2, -0.15) is 0 Å². The van der Waals surface area contributed by atoms with Gasteiger partial charge in [0.05, 0.1) is 11.5 Å². The molecule has 1 aliphatic rings. The number of aliphatic carboxylic acids is 1. The smallest absolute Gasteiger partial charge is 0.318 e. The second kappa shape index (κ2) is 4.91. The zero-order valence-corrected chi connectivity index (χ0v) is 11.1. The number of carbonyl (C=O) groups is 2. The van der Waals surface area contributed by atoms with Crippen LogP contribution >= 0.6 is 0 Å². The molecule has 0 bridgehead atoms. The van der Waals surface area contributed by atoms with Crippen LogP contribution in [0, 0.1) is 5.41 Å². The Morgan fingerprint density at radius 3 is 2.63 bits per heavy atom. The summed E-state index contributed by atoms with van der Waals surface area (Å²) in [5, 5.41) is 12.0. The van der Waals surface area contributed by atoms with Gasteiger partial charge in [-0.25, -0.2) is 4.79 Å². The average Bonchev–Trinajstić information content (AvgIpc) is 2.71. The Hall–Kier alpha value is -2.04. The monoisotopic (exact) mass is 262 g/mol. The molecule has 1 aromatic rings. The van der Waals surface area contributed by atoms with Crippen LogP contribution in [-0.2, 0) is 4.79 Å². The first-order valence-corrected chi connectivity index (χ1v) is 6.24. The number of rotatable bonds is 4. The summed E-state index contributed by atoms with van der Waals surface area (Å²) in [7, 11) is 0. The van der Waals surface area contributed by atoms with Crippen molar-refractivity contribution in [3.8, 4) is 0 Å². The molecule has 102 valence electrons. The molecule has 1 atom stereocenters. The topological polar surface area (TPSA) is 69.6 Å². The lowest BCUT2D eigenvalue weighted by atomic mass is 9.93. The number of hydrogen-bond donors (Lipinski definition) is 2. The lowest BCUT2D eigenvalue weighted by Gasteiger charge is -2.25. The molecule has 0 saturated carbocycles. The van der Waals surface area contributed by atoms with Crippen LogP contribution in [0.1, 0.15) is 25.5 Å². The van der Waals surface area contributed by atoms with E-state index in [1.807, 2.05) is 30.3 Å². The number of benzene rings is 1. The van der Waals surface area contributed by atoms with Crippen molar-refractivity contribution in [1.82, 2.24) is 10.2 Å². The normalized spacial score (nSPS) is 19.4. The van der Waals surface area contributed by atoms with E-state index in [-0.39, 0.29) is 18.6 Å².